The number of nitro groups is 2. The molecule has 1 aliphatic rings. The molecule has 1 unspecified atom stereocenters. The number of nitrogens with zero attached hydrogens (tertiary/aromatic N) is 4. The number of nitrogens with one attached hydrogen (secondary N) is 1. The van der Waals surface area contributed by atoms with Gasteiger partial charge in [-0.05, 0) is 41.6 Å². The number of hydrogen-bond donors (Lipinski definition) is 4. The van der Waals surface area contributed by atoms with Gasteiger partial charge in [0.2, 0.25) is 5.82 Å². The van der Waals surface area contributed by atoms with Gasteiger partial charge in [0.1, 0.15) is 25.4 Å². The number of carboxylic acids is 1. The Labute approximate surface area is 339 Å². The van der Waals surface area contributed by atoms with Gasteiger partial charge in [0, 0.05) is 25.2 Å². The van der Waals surface area contributed by atoms with Gasteiger partial charge in [0.05, 0.1) is 67.5 Å². The number of benzene rings is 2. The maximum absolute atomic E-state index is 12.6. The molecule has 0 saturated heterocycles. The monoisotopic (exact) mass is 924 g/mol. The molecular formula is C30H34Cl2F3N6O14PS2. The first kappa shape index (κ1) is 51.5. The van der Waals surface area contributed by atoms with Crippen molar-refractivity contribution < 1.29 is 70.1 Å². The van der Waals surface area contributed by atoms with Gasteiger partial charge in [-0.2, -0.15) is 18.3 Å². The standard InChI is InChI=1S/C14H13NO7S.C10H5Cl2F3N4O2.C3H8NO5P.C3H9S/c1-23(21,22)8-5-6-9(10(7-8)15(19)20)14(18)13-11(16)3-2-4-12(13)17;11-5-1-4(10(13,14)15)2-6(12)8(5)18-9(16)7(3-17-18)19(20)21;5-3(6)1-4-2-10(7,8)9;1-4(2)3/h5-7,13H,2-4H2,1H3;1-3H,16H2;4H,1-2H2,(H,5,6)(H2,7,8,9);1-3H3/q;;;+1/p-1. The van der Waals surface area contributed by atoms with Crippen LogP contribution < -0.4 is 15.9 Å². The van der Waals surface area contributed by atoms with Crippen molar-refractivity contribution in [1.29, 1.82) is 0 Å². The van der Waals surface area contributed by atoms with Gasteiger partial charge in [-0.15, -0.1) is 0 Å². The van der Waals surface area contributed by atoms with Crippen LogP contribution in [0.5, 0.6) is 0 Å². The molecule has 1 aromatic heterocycles. The van der Waals surface area contributed by atoms with Crippen LogP contribution in [0.1, 0.15) is 35.2 Å². The van der Waals surface area contributed by atoms with E-state index in [0.717, 1.165) is 35.3 Å². The van der Waals surface area contributed by atoms with Crippen LogP contribution in [0.2, 0.25) is 10.0 Å². The lowest BCUT2D eigenvalue weighted by Gasteiger charge is -2.18. The number of rotatable bonds is 10. The minimum Gasteiger partial charge on any atom is -0.778 e. The highest BCUT2D eigenvalue weighted by Crippen LogP contribution is 2.39. The van der Waals surface area contributed by atoms with Gasteiger partial charge in [-0.25, -0.2) is 13.1 Å². The van der Waals surface area contributed by atoms with Crippen molar-refractivity contribution in [2.75, 3.05) is 43.6 Å². The number of Topliss-reactive ketones (excluding diaryl/α,β-unsaturated/α-hetero) is 3. The van der Waals surface area contributed by atoms with Crippen LogP contribution in [0.25, 0.3) is 5.69 Å². The molecule has 1 saturated carbocycles. The number of alkyl halides is 3. The zero-order valence-electron chi connectivity index (χ0n) is 30.4. The van der Waals surface area contributed by atoms with Crippen LogP contribution in [0.15, 0.2) is 41.4 Å². The van der Waals surface area contributed by atoms with E-state index in [2.05, 4.69) is 23.9 Å². The highest BCUT2D eigenvalue weighted by atomic mass is 35.5. The molecule has 1 heterocycles. The lowest BCUT2D eigenvalue weighted by molar-refractivity contribution is -0.385. The van der Waals surface area contributed by atoms with Crippen LogP contribution in [0.3, 0.4) is 0 Å². The Bertz CT molecular complexity index is 2180. The molecule has 0 amide bonds. The summed E-state index contributed by atoms with van der Waals surface area (Å²) in [7, 11) is -7.40. The fraction of sp³-hybridized carbons (Fsp3) is 0.367. The Kier molecular flexibility index (Phi) is 19.1. The molecule has 0 radical (unpaired) electrons. The first-order chi connectivity index (χ1) is 26.4. The summed E-state index contributed by atoms with van der Waals surface area (Å²) in [5, 5.41) is 34.6. The molecule has 2 aromatic carbocycles. The lowest BCUT2D eigenvalue weighted by Crippen LogP contribution is -2.35. The minimum absolute atomic E-state index is 0.0668. The molecule has 5 N–H and O–H groups in total. The van der Waals surface area contributed by atoms with E-state index in [9.17, 15) is 70.5 Å². The number of sulfone groups is 1. The molecule has 20 nitrogen and oxygen atoms in total. The van der Waals surface area contributed by atoms with Crippen LogP contribution in [0.4, 0.5) is 30.4 Å². The van der Waals surface area contributed by atoms with E-state index in [1.165, 1.54) is 0 Å². The Morgan fingerprint density at radius 3 is 1.91 bits per heavy atom. The predicted molar refractivity (Wildman–Crippen MR) is 203 cm³/mol. The van der Waals surface area contributed by atoms with E-state index >= 15 is 0 Å². The zero-order chi connectivity index (χ0) is 45.1. The summed E-state index contributed by atoms with van der Waals surface area (Å²) in [6, 6.07) is 4.06. The minimum atomic E-state index is -4.63. The number of carbonyl (C=O) groups excluding carboxylic acids is 3. The van der Waals surface area contributed by atoms with Gasteiger partial charge < -0.3 is 25.2 Å². The van der Waals surface area contributed by atoms with E-state index in [4.69, 9.17) is 38.9 Å². The van der Waals surface area contributed by atoms with E-state index < -0.39 is 104 Å². The highest BCUT2D eigenvalue weighted by molar-refractivity contribution is 7.94. The number of nitrogen functional groups attached to an aromatic ring is 1. The third-order valence-electron chi connectivity index (χ3n) is 6.74. The quantitative estimate of drug-likeness (QED) is 0.0565. The molecular weight excluding hydrogens is 891 g/mol. The second kappa shape index (κ2) is 21.5. The fourth-order valence-corrected chi connectivity index (χ4v) is 6.04. The summed E-state index contributed by atoms with van der Waals surface area (Å²) in [5.41, 5.74) is 2.61. The summed E-state index contributed by atoms with van der Waals surface area (Å²) >= 11 is 11.5. The Hall–Kier alpha value is -4.49. The number of ketones is 3. The number of hydrogen-bond acceptors (Lipinski definition) is 15. The first-order valence-electron chi connectivity index (χ1n) is 15.5. The van der Waals surface area contributed by atoms with Crippen molar-refractivity contribution in [2.24, 2.45) is 5.92 Å². The Morgan fingerprint density at radius 2 is 1.53 bits per heavy atom. The molecule has 4 rings (SSSR count). The predicted octanol–water partition coefficient (Wildman–Crippen LogP) is 3.47. The van der Waals surface area contributed by atoms with E-state index in [-0.39, 0.29) is 33.5 Å². The van der Waals surface area contributed by atoms with Gasteiger partial charge in [-0.3, -0.25) is 44.7 Å². The van der Waals surface area contributed by atoms with Crippen LogP contribution in [0, 0.1) is 26.1 Å². The molecule has 28 heteroatoms. The number of aliphatic carboxylic acids is 1. The smallest absolute Gasteiger partial charge is 0.416 e. The Morgan fingerprint density at radius 1 is 1.05 bits per heavy atom. The normalized spacial score (nSPS) is 14.1. The van der Waals surface area contributed by atoms with Crippen molar-refractivity contribution in [3.8, 4) is 5.69 Å². The topological polar surface area (TPSA) is 325 Å². The second-order valence-electron chi connectivity index (χ2n) is 12.0. The molecule has 0 aliphatic heterocycles. The number of carboxylic acid groups (broad SMARTS) is 1. The molecule has 320 valence electrons. The third-order valence-corrected chi connectivity index (χ3v) is 9.05. The summed E-state index contributed by atoms with van der Waals surface area (Å²) in [6.45, 7) is -0.479. The molecule has 0 bridgehead atoms. The molecule has 0 spiro atoms. The van der Waals surface area contributed by atoms with Crippen LogP contribution >= 0.6 is 30.8 Å². The molecule has 1 aliphatic carbocycles. The van der Waals surface area contributed by atoms with Gasteiger partial charge in [-0.1, -0.05) is 23.2 Å². The number of halogens is 5. The SMILES string of the molecule is CS(=O)(=O)c1ccc(C(=O)C2C(=O)CCCC2=O)c([N+](=O)[O-])c1.C[S+](C)C.Nc1c([N+](=O)[O-])cnn1-c1c(Cl)cc(C(F)(F)F)cc1Cl.O=C(O)CNCP(=O)([O-])O. The number of nitrogens with two attached hydrogens (primary N) is 1. The number of aromatic nitrogens is 2. The van der Waals surface area contributed by atoms with E-state index in [1.54, 1.807) is 0 Å². The van der Waals surface area contributed by atoms with Gasteiger partial charge >= 0.3 is 17.8 Å². The summed E-state index contributed by atoms with van der Waals surface area (Å²) in [5.74, 6) is -5.18. The highest BCUT2D eigenvalue weighted by Gasteiger charge is 2.39. The summed E-state index contributed by atoms with van der Waals surface area (Å²) in [6.07, 6.45) is 3.46. The number of nitro benzene ring substituents is 1. The van der Waals surface area contributed by atoms with E-state index in [0.29, 0.717) is 29.4 Å². The number of anilines is 1. The molecule has 58 heavy (non-hydrogen) atoms. The largest absolute Gasteiger partial charge is 0.778 e. The summed E-state index contributed by atoms with van der Waals surface area (Å²) in [4.78, 5) is 83.6. The average Bonchev–Trinajstić information content (AvgIpc) is 3.43. The number of carbonyl (C=O) groups is 4. The van der Waals surface area contributed by atoms with Gasteiger partial charge in [0.15, 0.2) is 27.2 Å². The maximum Gasteiger partial charge on any atom is 0.416 e. The summed E-state index contributed by atoms with van der Waals surface area (Å²) < 4.78 is 71.6. The maximum atomic E-state index is 12.6. The first-order valence-corrected chi connectivity index (χ1v) is 22.3. The average molecular weight is 926 g/mol. The lowest BCUT2D eigenvalue weighted by atomic mass is 9.81. The van der Waals surface area contributed by atoms with E-state index in [1.807, 2.05) is 5.32 Å². The second-order valence-corrected chi connectivity index (χ2v) is 18.9. The van der Waals surface area contributed by atoms with Crippen molar-refractivity contribution in [2.45, 2.75) is 30.3 Å². The van der Waals surface area contributed by atoms with Crippen molar-refractivity contribution in [3.63, 3.8) is 0 Å². The third kappa shape index (κ3) is 16.0. The fourth-order valence-electron chi connectivity index (χ4n) is 4.36. The van der Waals surface area contributed by atoms with Crippen molar-refractivity contribution >= 4 is 92.0 Å². The van der Waals surface area contributed by atoms with Crippen LogP contribution in [-0.4, -0.2) is 99.2 Å². The van der Waals surface area contributed by atoms with Crippen molar-refractivity contribution in [3.05, 3.63) is 77.9 Å². The molecule has 3 aromatic rings. The molecule has 1 fully saturated rings. The van der Waals surface area contributed by atoms with Crippen LogP contribution in [-0.2, 0) is 45.9 Å². The Balaban J connectivity index is 0.000000442. The zero-order valence-corrected chi connectivity index (χ0v) is 34.4. The van der Waals surface area contributed by atoms with Crippen molar-refractivity contribution in [1.82, 2.24) is 15.1 Å². The van der Waals surface area contributed by atoms with Gasteiger partial charge in [0.25, 0.3) is 5.69 Å². The molecule has 1 atom stereocenters.